The summed E-state index contributed by atoms with van der Waals surface area (Å²) < 4.78 is 0. The lowest BCUT2D eigenvalue weighted by Crippen LogP contribution is -2.09. The van der Waals surface area contributed by atoms with Gasteiger partial charge in [-0.2, -0.15) is 5.10 Å². The Morgan fingerprint density at radius 3 is 2.85 bits per heavy atom. The minimum Gasteiger partial charge on any atom is -0.336 e. The molecule has 0 unspecified atom stereocenters. The molecule has 0 aliphatic rings. The van der Waals surface area contributed by atoms with Gasteiger partial charge in [0.2, 0.25) is 5.91 Å². The van der Waals surface area contributed by atoms with Crippen molar-refractivity contribution in [3.8, 4) is 33.2 Å². The average Bonchev–Trinajstić information content (AvgIpc) is 3.62. The van der Waals surface area contributed by atoms with E-state index in [0.29, 0.717) is 17.9 Å². The van der Waals surface area contributed by atoms with Crippen LogP contribution in [-0.4, -0.2) is 36.0 Å². The van der Waals surface area contributed by atoms with Gasteiger partial charge < -0.3 is 10.3 Å². The van der Waals surface area contributed by atoms with Gasteiger partial charge in [0.25, 0.3) is 0 Å². The predicted octanol–water partition coefficient (Wildman–Crippen LogP) is 5.64. The Morgan fingerprint density at radius 1 is 1.06 bits per heavy atom. The number of benzene rings is 1. The van der Waals surface area contributed by atoms with E-state index >= 15 is 0 Å². The second kappa shape index (κ2) is 8.20. The maximum atomic E-state index is 11.8. The van der Waals surface area contributed by atoms with E-state index in [1.54, 1.807) is 29.9 Å². The number of fused-ring (bicyclic) bond motifs is 2. The largest absolute Gasteiger partial charge is 0.336 e. The van der Waals surface area contributed by atoms with Crippen LogP contribution >= 0.6 is 11.3 Å². The molecule has 0 aliphatic heterocycles. The molecule has 6 rings (SSSR count). The summed E-state index contributed by atoms with van der Waals surface area (Å²) in [6.07, 6.45) is 5.63. The maximum Gasteiger partial charge on any atom is 0.224 e. The van der Waals surface area contributed by atoms with E-state index in [1.165, 1.54) is 0 Å². The van der Waals surface area contributed by atoms with Crippen molar-refractivity contribution in [1.82, 2.24) is 30.1 Å². The normalized spacial score (nSPS) is 11.3. The van der Waals surface area contributed by atoms with E-state index in [1.807, 2.05) is 48.7 Å². The molecule has 5 aromatic heterocycles. The fraction of sp³-hybridized carbons (Fsp3) is 0.0800. The second-order valence-corrected chi connectivity index (χ2v) is 8.76. The summed E-state index contributed by atoms with van der Waals surface area (Å²) in [5.74, 6) is 0.624. The molecule has 8 nitrogen and oxygen atoms in total. The number of nitrogens with zero attached hydrogens (tertiary/aromatic N) is 4. The predicted molar refractivity (Wildman–Crippen MR) is 134 cm³/mol. The van der Waals surface area contributed by atoms with Gasteiger partial charge in [-0.15, -0.1) is 11.3 Å². The monoisotopic (exact) mass is 465 g/mol. The van der Waals surface area contributed by atoms with Crippen molar-refractivity contribution in [3.63, 3.8) is 0 Å². The Kier molecular flexibility index (Phi) is 4.88. The number of amides is 1. The first-order valence-electron chi connectivity index (χ1n) is 10.8. The van der Waals surface area contributed by atoms with Crippen molar-refractivity contribution in [2.45, 2.75) is 13.3 Å². The van der Waals surface area contributed by atoms with Crippen molar-refractivity contribution >= 4 is 44.9 Å². The zero-order valence-corrected chi connectivity index (χ0v) is 19.0. The maximum absolute atomic E-state index is 11.8. The van der Waals surface area contributed by atoms with Crippen LogP contribution in [0.4, 0.5) is 5.69 Å². The quantitative estimate of drug-likeness (QED) is 0.305. The number of hydrogen-bond donors (Lipinski definition) is 3. The molecule has 0 bridgehead atoms. The molecule has 0 atom stereocenters. The lowest BCUT2D eigenvalue weighted by atomic mass is 10.0. The first kappa shape index (κ1) is 20.3. The molecule has 34 heavy (non-hydrogen) atoms. The summed E-state index contributed by atoms with van der Waals surface area (Å²) in [5, 5.41) is 13.5. The van der Waals surface area contributed by atoms with E-state index in [4.69, 9.17) is 4.98 Å². The number of anilines is 1. The van der Waals surface area contributed by atoms with Crippen LogP contribution in [-0.2, 0) is 4.79 Å². The molecule has 0 saturated heterocycles. The van der Waals surface area contributed by atoms with Gasteiger partial charge in [-0.25, -0.2) is 4.98 Å². The van der Waals surface area contributed by atoms with Crippen molar-refractivity contribution in [2.75, 3.05) is 5.32 Å². The van der Waals surface area contributed by atoms with E-state index < -0.39 is 0 Å². The summed E-state index contributed by atoms with van der Waals surface area (Å²) in [7, 11) is 0. The van der Waals surface area contributed by atoms with Crippen LogP contribution in [0.5, 0.6) is 0 Å². The van der Waals surface area contributed by atoms with E-state index in [-0.39, 0.29) is 5.91 Å². The van der Waals surface area contributed by atoms with Gasteiger partial charge in [0.15, 0.2) is 5.82 Å². The third-order valence-corrected chi connectivity index (χ3v) is 6.50. The van der Waals surface area contributed by atoms with Crippen LogP contribution in [0.3, 0.4) is 0 Å². The van der Waals surface area contributed by atoms with Crippen molar-refractivity contribution in [3.05, 3.63) is 66.4 Å². The van der Waals surface area contributed by atoms with Crippen LogP contribution in [0.25, 0.3) is 55.2 Å². The number of H-pyrrole nitrogens is 2. The summed E-state index contributed by atoms with van der Waals surface area (Å²) in [5.41, 5.74) is 6.74. The second-order valence-electron chi connectivity index (χ2n) is 7.82. The van der Waals surface area contributed by atoms with Crippen LogP contribution in [0.1, 0.15) is 13.3 Å². The number of aromatic nitrogens is 6. The van der Waals surface area contributed by atoms with Gasteiger partial charge in [-0.3, -0.25) is 19.9 Å². The lowest BCUT2D eigenvalue weighted by molar-refractivity contribution is -0.115. The van der Waals surface area contributed by atoms with Crippen LogP contribution < -0.4 is 5.32 Å². The molecule has 1 aromatic carbocycles. The number of rotatable bonds is 5. The van der Waals surface area contributed by atoms with Gasteiger partial charge in [-0.1, -0.05) is 19.1 Å². The van der Waals surface area contributed by atoms with Gasteiger partial charge in [0, 0.05) is 29.8 Å². The summed E-state index contributed by atoms with van der Waals surface area (Å²) in [6.45, 7) is 1.82. The summed E-state index contributed by atoms with van der Waals surface area (Å²) in [4.78, 5) is 30.0. The highest BCUT2D eigenvalue weighted by molar-refractivity contribution is 7.13. The highest BCUT2D eigenvalue weighted by Gasteiger charge is 2.17. The number of nitrogens with one attached hydrogen (secondary N) is 3. The van der Waals surface area contributed by atoms with Gasteiger partial charge in [0.1, 0.15) is 16.9 Å². The fourth-order valence-corrected chi connectivity index (χ4v) is 4.65. The Hall–Kier alpha value is -4.37. The van der Waals surface area contributed by atoms with Crippen molar-refractivity contribution in [2.24, 2.45) is 0 Å². The van der Waals surface area contributed by atoms with Gasteiger partial charge in [0.05, 0.1) is 27.8 Å². The van der Waals surface area contributed by atoms with Crippen LogP contribution in [0.2, 0.25) is 0 Å². The molecule has 3 N–H and O–H groups in total. The van der Waals surface area contributed by atoms with Crippen LogP contribution in [0.15, 0.2) is 66.4 Å². The number of pyridine rings is 2. The number of thiophene rings is 1. The van der Waals surface area contributed by atoms with E-state index in [9.17, 15) is 4.79 Å². The Labute approximate surface area is 198 Å². The number of carbonyl (C=O) groups is 1. The molecule has 166 valence electrons. The molecule has 0 aliphatic carbocycles. The Balaban J connectivity index is 1.43. The molecular formula is C25H19N7OS. The minimum absolute atomic E-state index is 0.0483. The van der Waals surface area contributed by atoms with Gasteiger partial charge >= 0.3 is 0 Å². The fourth-order valence-electron chi connectivity index (χ4n) is 3.93. The van der Waals surface area contributed by atoms with E-state index in [0.717, 1.165) is 49.3 Å². The molecule has 0 saturated carbocycles. The molecule has 0 spiro atoms. The summed E-state index contributed by atoms with van der Waals surface area (Å²) in [6, 6.07) is 13.9. The van der Waals surface area contributed by atoms with Crippen molar-refractivity contribution < 1.29 is 4.79 Å². The molecule has 6 aromatic rings. The Bertz CT molecular complexity index is 1650. The number of imidazole rings is 1. The highest BCUT2D eigenvalue weighted by atomic mass is 32.1. The topological polar surface area (TPSA) is 112 Å². The molecule has 9 heteroatoms. The first-order valence-corrected chi connectivity index (χ1v) is 11.7. The average molecular weight is 466 g/mol. The zero-order valence-electron chi connectivity index (χ0n) is 18.2. The minimum atomic E-state index is -0.0483. The highest BCUT2D eigenvalue weighted by Crippen LogP contribution is 2.33. The standard InChI is InChI=1S/C25H19N7OS/c1-2-21(33)28-16-10-15(12-26-13-16)14-5-6-18-17(11-14)22(32-31-18)25-29-19-7-8-27-24(23(19)30-25)20-4-3-9-34-20/h3-13H,2H2,1H3,(H,28,33)(H,29,30)(H,31,32). The van der Waals surface area contributed by atoms with Crippen molar-refractivity contribution in [1.29, 1.82) is 0 Å². The SMILES string of the molecule is CCC(=O)Nc1cncc(-c2ccc3[nH]nc(-c4nc5c(-c6cccs6)nccc5[nH]4)c3c2)c1. The molecule has 0 fully saturated rings. The first-order chi connectivity index (χ1) is 16.7. The molecule has 5 heterocycles. The number of aromatic amines is 2. The molecular weight excluding hydrogens is 446 g/mol. The summed E-state index contributed by atoms with van der Waals surface area (Å²) >= 11 is 1.64. The van der Waals surface area contributed by atoms with Crippen LogP contribution in [0, 0.1) is 0 Å². The number of hydrogen-bond acceptors (Lipinski definition) is 6. The molecule has 0 radical (unpaired) electrons. The smallest absolute Gasteiger partial charge is 0.224 e. The lowest BCUT2D eigenvalue weighted by Gasteiger charge is -2.06. The number of carbonyl (C=O) groups excluding carboxylic acids is 1. The van der Waals surface area contributed by atoms with E-state index in [2.05, 4.69) is 36.5 Å². The third kappa shape index (κ3) is 3.52. The van der Waals surface area contributed by atoms with Gasteiger partial charge in [-0.05, 0) is 41.3 Å². The Morgan fingerprint density at radius 2 is 2.00 bits per heavy atom. The zero-order chi connectivity index (χ0) is 23.1. The molecule has 1 amide bonds. The third-order valence-electron chi connectivity index (χ3n) is 5.62.